The van der Waals surface area contributed by atoms with Crippen LogP contribution in [0.1, 0.15) is 38.8 Å². The first-order valence-corrected chi connectivity index (χ1v) is 4.91. The summed E-state index contributed by atoms with van der Waals surface area (Å²) in [7, 11) is 0. The lowest BCUT2D eigenvalue weighted by molar-refractivity contribution is 0.388. The number of aryl methyl sites for hydroxylation is 1. The summed E-state index contributed by atoms with van der Waals surface area (Å²) in [6.07, 6.45) is 0.858. The molecule has 2 N–H and O–H groups in total. The maximum Gasteiger partial charge on any atom is 0.161 e. The molecule has 0 aliphatic heterocycles. The molecule has 0 aromatic heterocycles. The van der Waals surface area contributed by atoms with Crippen molar-refractivity contribution in [2.24, 2.45) is 0 Å². The van der Waals surface area contributed by atoms with Gasteiger partial charge in [0.25, 0.3) is 0 Å². The van der Waals surface area contributed by atoms with Crippen molar-refractivity contribution in [3.63, 3.8) is 0 Å². The largest absolute Gasteiger partial charge is 0.504 e. The van der Waals surface area contributed by atoms with E-state index in [0.717, 1.165) is 17.5 Å². The highest BCUT2D eigenvalue weighted by Gasteiger charge is 2.20. The molecule has 0 bridgehead atoms. The van der Waals surface area contributed by atoms with Crippen molar-refractivity contribution in [3.8, 4) is 11.5 Å². The zero-order valence-corrected chi connectivity index (χ0v) is 9.26. The summed E-state index contributed by atoms with van der Waals surface area (Å²) in [4.78, 5) is 0. The van der Waals surface area contributed by atoms with E-state index in [2.05, 4.69) is 0 Å². The Labute approximate surface area is 85.2 Å². The number of phenolic OH excluding ortho intramolecular Hbond substituents is 2. The van der Waals surface area contributed by atoms with E-state index in [1.165, 1.54) is 0 Å². The Bertz CT molecular complexity index is 335. The zero-order chi connectivity index (χ0) is 10.9. The molecule has 0 spiro atoms. The summed E-state index contributed by atoms with van der Waals surface area (Å²) in [5.41, 5.74) is 1.70. The van der Waals surface area contributed by atoms with Gasteiger partial charge in [0.1, 0.15) is 0 Å². The standard InChI is InChI=1S/C12H18O2/c1-5-8-6-9(12(2,3)4)11(14)10(13)7-8/h6-7,13-14H,5H2,1-4H3. The van der Waals surface area contributed by atoms with Crippen molar-refractivity contribution < 1.29 is 10.2 Å². The summed E-state index contributed by atoms with van der Waals surface area (Å²) < 4.78 is 0. The van der Waals surface area contributed by atoms with Gasteiger partial charge in [-0.3, -0.25) is 0 Å². The zero-order valence-electron chi connectivity index (χ0n) is 9.26. The molecule has 1 aromatic carbocycles. The van der Waals surface area contributed by atoms with E-state index in [1.54, 1.807) is 6.07 Å². The van der Waals surface area contributed by atoms with Gasteiger partial charge in [0.05, 0.1) is 0 Å². The van der Waals surface area contributed by atoms with E-state index in [1.807, 2.05) is 33.8 Å². The second kappa shape index (κ2) is 3.52. The maximum atomic E-state index is 9.70. The van der Waals surface area contributed by atoms with Crippen LogP contribution in [-0.2, 0) is 11.8 Å². The summed E-state index contributed by atoms with van der Waals surface area (Å²) in [5, 5.41) is 19.2. The van der Waals surface area contributed by atoms with Crippen molar-refractivity contribution in [2.75, 3.05) is 0 Å². The van der Waals surface area contributed by atoms with Crippen molar-refractivity contribution in [1.82, 2.24) is 0 Å². The van der Waals surface area contributed by atoms with Gasteiger partial charge < -0.3 is 10.2 Å². The number of hydrogen-bond acceptors (Lipinski definition) is 2. The van der Waals surface area contributed by atoms with Crippen LogP contribution in [0.3, 0.4) is 0 Å². The first-order valence-electron chi connectivity index (χ1n) is 4.91. The maximum absolute atomic E-state index is 9.70. The third kappa shape index (κ3) is 2.00. The molecule has 0 aliphatic rings. The fraction of sp³-hybridized carbons (Fsp3) is 0.500. The molecule has 0 radical (unpaired) electrons. The molecule has 2 heteroatoms. The van der Waals surface area contributed by atoms with Crippen LogP contribution in [0, 0.1) is 0 Å². The van der Waals surface area contributed by atoms with E-state index in [4.69, 9.17) is 0 Å². The van der Waals surface area contributed by atoms with Crippen LogP contribution < -0.4 is 0 Å². The minimum atomic E-state index is -0.146. The van der Waals surface area contributed by atoms with Crippen LogP contribution in [0.5, 0.6) is 11.5 Å². The average Bonchev–Trinajstić information content (AvgIpc) is 2.07. The van der Waals surface area contributed by atoms with Crippen molar-refractivity contribution in [2.45, 2.75) is 39.5 Å². The van der Waals surface area contributed by atoms with Gasteiger partial charge in [-0.25, -0.2) is 0 Å². The smallest absolute Gasteiger partial charge is 0.161 e. The lowest BCUT2D eigenvalue weighted by Crippen LogP contribution is -2.11. The third-order valence-electron chi connectivity index (χ3n) is 2.37. The Kier molecular flexibility index (Phi) is 2.74. The first kappa shape index (κ1) is 10.9. The minimum absolute atomic E-state index is 0.00898. The van der Waals surface area contributed by atoms with Gasteiger partial charge in [-0.2, -0.15) is 0 Å². The molecular weight excluding hydrogens is 176 g/mol. The number of aromatic hydroxyl groups is 2. The molecule has 0 heterocycles. The highest BCUT2D eigenvalue weighted by atomic mass is 16.3. The van der Waals surface area contributed by atoms with Gasteiger partial charge in [-0.1, -0.05) is 33.8 Å². The predicted molar refractivity (Wildman–Crippen MR) is 57.8 cm³/mol. The van der Waals surface area contributed by atoms with Gasteiger partial charge in [0, 0.05) is 5.56 Å². The third-order valence-corrected chi connectivity index (χ3v) is 2.37. The fourth-order valence-corrected chi connectivity index (χ4v) is 1.45. The van der Waals surface area contributed by atoms with Crippen LogP contribution in [0.4, 0.5) is 0 Å². The van der Waals surface area contributed by atoms with E-state index < -0.39 is 0 Å². The van der Waals surface area contributed by atoms with E-state index in [0.29, 0.717) is 0 Å². The molecule has 14 heavy (non-hydrogen) atoms. The van der Waals surface area contributed by atoms with Crippen molar-refractivity contribution in [1.29, 1.82) is 0 Å². The van der Waals surface area contributed by atoms with Gasteiger partial charge in [-0.05, 0) is 23.5 Å². The first-order chi connectivity index (χ1) is 6.36. The second-order valence-electron chi connectivity index (χ2n) is 4.61. The highest BCUT2D eigenvalue weighted by Crippen LogP contribution is 2.37. The van der Waals surface area contributed by atoms with Gasteiger partial charge in [-0.15, -0.1) is 0 Å². The van der Waals surface area contributed by atoms with Crippen molar-refractivity contribution >= 4 is 0 Å². The molecule has 0 amide bonds. The van der Waals surface area contributed by atoms with Crippen LogP contribution in [0.15, 0.2) is 12.1 Å². The van der Waals surface area contributed by atoms with Crippen LogP contribution >= 0.6 is 0 Å². The summed E-state index contributed by atoms with van der Waals surface area (Å²) in [5.74, 6) is -0.0102. The number of benzene rings is 1. The molecule has 0 unspecified atom stereocenters. The fourth-order valence-electron chi connectivity index (χ4n) is 1.45. The Balaban J connectivity index is 3.35. The van der Waals surface area contributed by atoms with Crippen LogP contribution in [0.25, 0.3) is 0 Å². The normalized spacial score (nSPS) is 11.7. The molecule has 78 valence electrons. The van der Waals surface area contributed by atoms with E-state index >= 15 is 0 Å². The van der Waals surface area contributed by atoms with Gasteiger partial charge in [0.2, 0.25) is 0 Å². The van der Waals surface area contributed by atoms with Gasteiger partial charge in [0.15, 0.2) is 11.5 Å². The molecule has 2 nitrogen and oxygen atoms in total. The van der Waals surface area contributed by atoms with Crippen LogP contribution in [0.2, 0.25) is 0 Å². The summed E-state index contributed by atoms with van der Waals surface area (Å²) in [6, 6.07) is 3.57. The van der Waals surface area contributed by atoms with E-state index in [-0.39, 0.29) is 16.9 Å². The Morgan fingerprint density at radius 2 is 1.71 bits per heavy atom. The van der Waals surface area contributed by atoms with Gasteiger partial charge >= 0.3 is 0 Å². The average molecular weight is 194 g/mol. The minimum Gasteiger partial charge on any atom is -0.504 e. The van der Waals surface area contributed by atoms with E-state index in [9.17, 15) is 10.2 Å². The van der Waals surface area contributed by atoms with Crippen LogP contribution in [-0.4, -0.2) is 10.2 Å². The topological polar surface area (TPSA) is 40.5 Å². The molecular formula is C12H18O2. The Hall–Kier alpha value is -1.18. The lowest BCUT2D eigenvalue weighted by Gasteiger charge is -2.21. The molecule has 1 rings (SSSR count). The molecule has 0 saturated carbocycles. The second-order valence-corrected chi connectivity index (χ2v) is 4.61. The summed E-state index contributed by atoms with van der Waals surface area (Å²) in [6.45, 7) is 8.07. The molecule has 0 fully saturated rings. The lowest BCUT2D eigenvalue weighted by atomic mass is 9.85. The number of phenols is 2. The Morgan fingerprint density at radius 3 is 2.14 bits per heavy atom. The molecule has 0 aliphatic carbocycles. The quantitative estimate of drug-likeness (QED) is 0.675. The molecule has 1 aromatic rings. The summed E-state index contributed by atoms with van der Waals surface area (Å²) >= 11 is 0. The monoisotopic (exact) mass is 194 g/mol. The SMILES string of the molecule is CCc1cc(O)c(O)c(C(C)(C)C)c1. The molecule has 0 atom stereocenters. The molecule has 0 saturated heterocycles. The number of hydrogen-bond donors (Lipinski definition) is 2. The van der Waals surface area contributed by atoms with Crippen molar-refractivity contribution in [3.05, 3.63) is 23.3 Å². The Morgan fingerprint density at radius 1 is 1.14 bits per heavy atom. The predicted octanol–water partition coefficient (Wildman–Crippen LogP) is 2.96. The number of rotatable bonds is 1. The highest BCUT2D eigenvalue weighted by molar-refractivity contribution is 5.50.